The van der Waals surface area contributed by atoms with Crippen molar-refractivity contribution < 1.29 is 26.3 Å². The monoisotopic (exact) mass is 468 g/mol. The van der Waals surface area contributed by atoms with E-state index in [0.29, 0.717) is 31.0 Å². The molecule has 2 aromatic carbocycles. The van der Waals surface area contributed by atoms with Crippen LogP contribution in [0.1, 0.15) is 24.8 Å². The van der Waals surface area contributed by atoms with Crippen LogP contribution in [-0.4, -0.2) is 55.0 Å². The molecule has 1 aliphatic rings. The second-order valence-electron chi connectivity index (χ2n) is 7.27. The molecule has 0 spiro atoms. The Hall–Kier alpha value is -2.14. The smallest absolute Gasteiger partial charge is 0.243 e. The molecule has 3 rings (SSSR count). The molecule has 31 heavy (non-hydrogen) atoms. The first kappa shape index (κ1) is 23.5. The molecule has 2 aromatic rings. The largest absolute Gasteiger partial charge is 0.493 e. The minimum absolute atomic E-state index is 0.0254. The summed E-state index contributed by atoms with van der Waals surface area (Å²) in [7, 11) is -4.26. The maximum Gasteiger partial charge on any atom is 0.243 e. The summed E-state index contributed by atoms with van der Waals surface area (Å²) in [6.45, 7) is 1.19. The van der Waals surface area contributed by atoms with Gasteiger partial charge in [0.25, 0.3) is 0 Å². The first-order valence-corrected chi connectivity index (χ1v) is 13.0. The van der Waals surface area contributed by atoms with Crippen LogP contribution >= 0.6 is 0 Å². The van der Waals surface area contributed by atoms with Crippen LogP contribution in [0.15, 0.2) is 52.3 Å². The number of piperidine rings is 1. The number of sulfonamides is 2. The Morgan fingerprint density at radius 3 is 2.06 bits per heavy atom. The lowest BCUT2D eigenvalue weighted by Crippen LogP contribution is -2.35. The lowest BCUT2D eigenvalue weighted by atomic mass is 10.1. The van der Waals surface area contributed by atoms with Crippen molar-refractivity contribution in [3.8, 4) is 11.5 Å². The van der Waals surface area contributed by atoms with Crippen molar-refractivity contribution in [3.63, 3.8) is 0 Å². The Labute approximate surface area is 184 Å². The molecule has 170 valence electrons. The van der Waals surface area contributed by atoms with Crippen LogP contribution < -0.4 is 14.2 Å². The normalized spacial score (nSPS) is 15.5. The highest BCUT2D eigenvalue weighted by Gasteiger charge is 2.26. The minimum atomic E-state index is -3.76. The molecule has 1 N–H and O–H groups in total. The van der Waals surface area contributed by atoms with E-state index < -0.39 is 20.0 Å². The van der Waals surface area contributed by atoms with Gasteiger partial charge in [-0.1, -0.05) is 12.5 Å². The van der Waals surface area contributed by atoms with Crippen molar-refractivity contribution in [2.24, 2.45) is 0 Å². The highest BCUT2D eigenvalue weighted by Crippen LogP contribution is 2.27. The molecule has 0 radical (unpaired) electrons. The minimum Gasteiger partial charge on any atom is -0.493 e. The van der Waals surface area contributed by atoms with Crippen LogP contribution in [0.4, 0.5) is 0 Å². The van der Waals surface area contributed by atoms with Gasteiger partial charge in [-0.3, -0.25) is 0 Å². The summed E-state index contributed by atoms with van der Waals surface area (Å²) in [5.41, 5.74) is 0.892. The summed E-state index contributed by atoms with van der Waals surface area (Å²) in [5.74, 6) is 1.18. The lowest BCUT2D eigenvalue weighted by molar-refractivity contribution is 0.346. The molecule has 0 bridgehead atoms. The summed E-state index contributed by atoms with van der Waals surface area (Å²) >= 11 is 0. The molecule has 10 heteroatoms. The van der Waals surface area contributed by atoms with Gasteiger partial charge in [0.15, 0.2) is 11.5 Å². The van der Waals surface area contributed by atoms with E-state index in [4.69, 9.17) is 9.47 Å². The van der Waals surface area contributed by atoms with Crippen LogP contribution in [0.25, 0.3) is 0 Å². The standard InChI is InChI=1S/C21H28N2O6S2/c1-28-20-11-6-17(16-21(20)29-2)12-13-22-30(24,25)18-7-9-19(10-8-18)31(26,27)23-14-4-3-5-15-23/h6-11,16,22H,3-5,12-15H2,1-2H3. The van der Waals surface area contributed by atoms with Crippen LogP contribution in [-0.2, 0) is 26.5 Å². The maximum atomic E-state index is 12.7. The summed E-state index contributed by atoms with van der Waals surface area (Å²) in [4.78, 5) is 0.135. The summed E-state index contributed by atoms with van der Waals surface area (Å²) in [6, 6.07) is 10.8. The van der Waals surface area contributed by atoms with E-state index in [9.17, 15) is 16.8 Å². The van der Waals surface area contributed by atoms with Gasteiger partial charge in [0.1, 0.15) is 0 Å². The van der Waals surface area contributed by atoms with Gasteiger partial charge >= 0.3 is 0 Å². The fourth-order valence-electron chi connectivity index (χ4n) is 3.49. The van der Waals surface area contributed by atoms with Gasteiger partial charge in [-0.2, -0.15) is 4.31 Å². The van der Waals surface area contributed by atoms with Crippen molar-refractivity contribution >= 4 is 20.0 Å². The van der Waals surface area contributed by atoms with Crippen molar-refractivity contribution in [2.45, 2.75) is 35.5 Å². The van der Waals surface area contributed by atoms with Gasteiger partial charge in [-0.15, -0.1) is 0 Å². The van der Waals surface area contributed by atoms with Gasteiger partial charge in [-0.25, -0.2) is 21.6 Å². The highest BCUT2D eigenvalue weighted by atomic mass is 32.2. The number of methoxy groups -OCH3 is 2. The van der Waals surface area contributed by atoms with Crippen LogP contribution in [0.5, 0.6) is 11.5 Å². The zero-order valence-electron chi connectivity index (χ0n) is 17.7. The van der Waals surface area contributed by atoms with Crippen LogP contribution in [0.2, 0.25) is 0 Å². The number of nitrogens with one attached hydrogen (secondary N) is 1. The fraction of sp³-hybridized carbons (Fsp3) is 0.429. The second kappa shape index (κ2) is 9.99. The molecule has 0 atom stereocenters. The zero-order valence-corrected chi connectivity index (χ0v) is 19.3. The van der Waals surface area contributed by atoms with Crippen LogP contribution in [0.3, 0.4) is 0 Å². The van der Waals surface area contributed by atoms with E-state index in [-0.39, 0.29) is 16.3 Å². The third-order valence-corrected chi connectivity index (χ3v) is 8.63. The van der Waals surface area contributed by atoms with Gasteiger partial charge in [0, 0.05) is 19.6 Å². The van der Waals surface area contributed by atoms with Gasteiger partial charge in [-0.05, 0) is 61.2 Å². The average Bonchev–Trinajstić information content (AvgIpc) is 2.79. The first-order chi connectivity index (χ1) is 14.8. The second-order valence-corrected chi connectivity index (χ2v) is 11.0. The third-order valence-electron chi connectivity index (χ3n) is 5.24. The predicted octanol–water partition coefficient (Wildman–Crippen LogP) is 2.40. The quantitative estimate of drug-likeness (QED) is 0.606. The summed E-state index contributed by atoms with van der Waals surface area (Å²) < 4.78 is 65.1. The highest BCUT2D eigenvalue weighted by molar-refractivity contribution is 7.89. The molecule has 1 heterocycles. The number of rotatable bonds is 9. The Kier molecular flexibility index (Phi) is 7.58. The Balaban J connectivity index is 1.64. The molecule has 0 unspecified atom stereocenters. The zero-order chi connectivity index (χ0) is 22.5. The molecular formula is C21H28N2O6S2. The van der Waals surface area contributed by atoms with E-state index in [1.807, 2.05) is 6.07 Å². The molecule has 0 aliphatic carbocycles. The maximum absolute atomic E-state index is 12.7. The number of ether oxygens (including phenoxy) is 2. The van der Waals surface area contributed by atoms with Crippen LogP contribution in [0, 0.1) is 0 Å². The first-order valence-electron chi connectivity index (χ1n) is 10.1. The SMILES string of the molecule is COc1ccc(CCNS(=O)(=O)c2ccc(S(=O)(=O)N3CCCCC3)cc2)cc1OC. The topological polar surface area (TPSA) is 102 Å². The molecule has 0 amide bonds. The molecule has 8 nitrogen and oxygen atoms in total. The van der Waals surface area contributed by atoms with E-state index in [1.165, 1.54) is 28.6 Å². The fourth-order valence-corrected chi connectivity index (χ4v) is 6.04. The molecule has 1 saturated heterocycles. The number of hydrogen-bond acceptors (Lipinski definition) is 6. The van der Waals surface area contributed by atoms with Crippen molar-refractivity contribution in [1.29, 1.82) is 0 Å². The molecule has 1 fully saturated rings. The molecule has 0 saturated carbocycles. The Morgan fingerprint density at radius 1 is 0.839 bits per heavy atom. The Bertz CT molecular complexity index is 1090. The summed E-state index contributed by atoms with van der Waals surface area (Å²) in [5, 5.41) is 0. The van der Waals surface area contributed by atoms with E-state index in [1.54, 1.807) is 26.4 Å². The van der Waals surface area contributed by atoms with Crippen molar-refractivity contribution in [3.05, 3.63) is 48.0 Å². The summed E-state index contributed by atoms with van der Waals surface area (Å²) in [6.07, 6.45) is 3.17. The van der Waals surface area contributed by atoms with E-state index >= 15 is 0 Å². The van der Waals surface area contributed by atoms with Gasteiger partial charge in [0.05, 0.1) is 24.0 Å². The van der Waals surface area contributed by atoms with Crippen molar-refractivity contribution in [2.75, 3.05) is 33.9 Å². The average molecular weight is 469 g/mol. The number of hydrogen-bond donors (Lipinski definition) is 1. The van der Waals surface area contributed by atoms with Gasteiger partial charge in [0.2, 0.25) is 20.0 Å². The number of nitrogens with zero attached hydrogens (tertiary/aromatic N) is 1. The lowest BCUT2D eigenvalue weighted by Gasteiger charge is -2.25. The van der Waals surface area contributed by atoms with Gasteiger partial charge < -0.3 is 9.47 Å². The Morgan fingerprint density at radius 2 is 1.45 bits per heavy atom. The van der Waals surface area contributed by atoms with E-state index in [2.05, 4.69) is 4.72 Å². The number of benzene rings is 2. The predicted molar refractivity (Wildman–Crippen MR) is 117 cm³/mol. The molecular weight excluding hydrogens is 440 g/mol. The molecule has 0 aromatic heterocycles. The third kappa shape index (κ3) is 5.57. The molecule has 1 aliphatic heterocycles. The van der Waals surface area contributed by atoms with Crippen molar-refractivity contribution in [1.82, 2.24) is 9.03 Å². The van der Waals surface area contributed by atoms with E-state index in [0.717, 1.165) is 24.8 Å².